The Hall–Kier alpha value is -4.84. The highest BCUT2D eigenvalue weighted by Crippen LogP contribution is 2.39. The second-order valence-corrected chi connectivity index (χ2v) is 13.0. The van der Waals surface area contributed by atoms with Gasteiger partial charge in [-0.25, -0.2) is 18.1 Å². The summed E-state index contributed by atoms with van der Waals surface area (Å²) in [4.78, 5) is 21.9. The number of sulfonamides is 1. The summed E-state index contributed by atoms with van der Waals surface area (Å²) in [5, 5.41) is 11.7. The lowest BCUT2D eigenvalue weighted by atomic mass is 9.84. The van der Waals surface area contributed by atoms with Crippen LogP contribution in [0.3, 0.4) is 0 Å². The van der Waals surface area contributed by atoms with Gasteiger partial charge >= 0.3 is 0 Å². The molecular formula is C33H35N7O4S. The molecule has 5 aromatic rings. The van der Waals surface area contributed by atoms with Crippen molar-refractivity contribution in [2.45, 2.75) is 64.0 Å². The second kappa shape index (κ2) is 12.3. The fraction of sp³-hybridized carbons (Fsp3) is 0.303. The van der Waals surface area contributed by atoms with E-state index in [0.717, 1.165) is 33.3 Å². The van der Waals surface area contributed by atoms with Crippen LogP contribution in [0.4, 0.5) is 11.4 Å². The molecule has 0 aliphatic carbocycles. The molecule has 0 saturated heterocycles. The van der Waals surface area contributed by atoms with Crippen molar-refractivity contribution < 1.29 is 17.9 Å². The van der Waals surface area contributed by atoms with Crippen LogP contribution in [-0.4, -0.2) is 51.9 Å². The quantitative estimate of drug-likeness (QED) is 0.243. The van der Waals surface area contributed by atoms with Gasteiger partial charge in [0.15, 0.2) is 0 Å². The van der Waals surface area contributed by atoms with Gasteiger partial charge in [0.1, 0.15) is 16.5 Å². The molecule has 6 rings (SSSR count). The van der Waals surface area contributed by atoms with E-state index in [-0.39, 0.29) is 29.6 Å². The number of hydrogen-bond donors (Lipinski definition) is 1. The summed E-state index contributed by atoms with van der Waals surface area (Å²) in [5.74, 6) is -0.512. The summed E-state index contributed by atoms with van der Waals surface area (Å²) >= 11 is 0. The summed E-state index contributed by atoms with van der Waals surface area (Å²) in [5.41, 5.74) is 6.19. The first-order chi connectivity index (χ1) is 21.7. The van der Waals surface area contributed by atoms with Crippen molar-refractivity contribution in [2.75, 3.05) is 16.2 Å². The molecule has 1 N–H and O–H groups in total. The zero-order chi connectivity index (χ0) is 31.7. The van der Waals surface area contributed by atoms with Gasteiger partial charge in [-0.05, 0) is 85.8 Å². The summed E-state index contributed by atoms with van der Waals surface area (Å²) in [7, 11) is -4.01. The van der Waals surface area contributed by atoms with E-state index in [4.69, 9.17) is 4.74 Å². The molecule has 12 heteroatoms. The number of anilines is 2. The molecule has 11 nitrogen and oxygen atoms in total. The number of aryl methyl sites for hydroxylation is 3. The number of fused-ring (bicyclic) bond motifs is 2. The predicted octanol–water partition coefficient (Wildman–Crippen LogP) is 5.39. The van der Waals surface area contributed by atoms with Gasteiger partial charge < -0.3 is 10.1 Å². The minimum Gasteiger partial charge on any atom is -0.471 e. The van der Waals surface area contributed by atoms with Crippen molar-refractivity contribution in [1.82, 2.24) is 25.0 Å². The molecule has 0 fully saturated rings. The molecule has 1 aliphatic rings. The van der Waals surface area contributed by atoms with Crippen molar-refractivity contribution in [3.63, 3.8) is 0 Å². The Morgan fingerprint density at radius 2 is 1.91 bits per heavy atom. The SMILES string of the molecule is CC[C@@H]1CN(c2cc(C(CC(=O)Nc3cccnc3)c3ccc4c(nnn4CC)c3C)ccc2C)S(=O)(=O)c2cccnc2O1. The third-order valence-corrected chi connectivity index (χ3v) is 10.1. The molecular weight excluding hydrogens is 590 g/mol. The Bertz CT molecular complexity index is 1980. The molecule has 232 valence electrons. The number of nitrogens with zero attached hydrogens (tertiary/aromatic N) is 6. The monoisotopic (exact) mass is 625 g/mol. The maximum atomic E-state index is 14.1. The van der Waals surface area contributed by atoms with Gasteiger partial charge in [0.05, 0.1) is 29.6 Å². The van der Waals surface area contributed by atoms with E-state index in [0.29, 0.717) is 24.3 Å². The number of rotatable bonds is 8. The van der Waals surface area contributed by atoms with Crippen LogP contribution in [0.2, 0.25) is 0 Å². The van der Waals surface area contributed by atoms with Crippen molar-refractivity contribution in [3.05, 3.63) is 95.4 Å². The molecule has 1 unspecified atom stereocenters. The Kier molecular flexibility index (Phi) is 8.24. The molecule has 3 aromatic heterocycles. The van der Waals surface area contributed by atoms with Crippen LogP contribution >= 0.6 is 0 Å². The Morgan fingerprint density at radius 1 is 1.09 bits per heavy atom. The minimum absolute atomic E-state index is 0.0263. The van der Waals surface area contributed by atoms with E-state index in [1.165, 1.54) is 16.6 Å². The van der Waals surface area contributed by atoms with Crippen LogP contribution in [0.5, 0.6) is 5.88 Å². The number of carbonyl (C=O) groups excluding carboxylic acids is 1. The first-order valence-electron chi connectivity index (χ1n) is 15.0. The van der Waals surface area contributed by atoms with E-state index < -0.39 is 22.0 Å². The fourth-order valence-electron chi connectivity index (χ4n) is 5.85. The molecule has 1 amide bonds. The van der Waals surface area contributed by atoms with E-state index in [1.807, 2.05) is 62.7 Å². The van der Waals surface area contributed by atoms with Gasteiger partial charge in [-0.15, -0.1) is 5.10 Å². The molecule has 0 saturated carbocycles. The lowest BCUT2D eigenvalue weighted by molar-refractivity contribution is -0.116. The Labute approximate surface area is 262 Å². The molecule has 0 radical (unpaired) electrons. The number of nitrogens with one attached hydrogen (secondary N) is 1. The smallest absolute Gasteiger partial charge is 0.269 e. The summed E-state index contributed by atoms with van der Waals surface area (Å²) in [6, 6.07) is 16.4. The van der Waals surface area contributed by atoms with E-state index in [2.05, 4.69) is 25.6 Å². The highest BCUT2D eigenvalue weighted by atomic mass is 32.2. The maximum absolute atomic E-state index is 14.1. The third kappa shape index (κ3) is 5.73. The van der Waals surface area contributed by atoms with E-state index in [9.17, 15) is 13.2 Å². The number of aromatic nitrogens is 5. The summed E-state index contributed by atoms with van der Waals surface area (Å²) in [6.07, 6.45) is 5.07. The molecule has 2 aromatic carbocycles. The van der Waals surface area contributed by atoms with Crippen LogP contribution in [0.15, 0.2) is 78.1 Å². The van der Waals surface area contributed by atoms with Crippen molar-refractivity contribution >= 4 is 38.3 Å². The van der Waals surface area contributed by atoms with Gasteiger partial charge in [-0.1, -0.05) is 30.3 Å². The summed E-state index contributed by atoms with van der Waals surface area (Å²) < 4.78 is 37.5. The van der Waals surface area contributed by atoms with Crippen molar-refractivity contribution in [2.24, 2.45) is 0 Å². The topological polar surface area (TPSA) is 132 Å². The predicted molar refractivity (Wildman–Crippen MR) is 172 cm³/mol. The fourth-order valence-corrected chi connectivity index (χ4v) is 7.47. The first kappa shape index (κ1) is 30.2. The lowest BCUT2D eigenvalue weighted by Crippen LogP contribution is -2.37. The van der Waals surface area contributed by atoms with Gasteiger partial charge in [0.2, 0.25) is 11.8 Å². The largest absolute Gasteiger partial charge is 0.471 e. The molecule has 2 atom stereocenters. The minimum atomic E-state index is -4.01. The molecule has 1 aliphatic heterocycles. The standard InChI is InChI=1S/C33H35N7O4S/c1-5-25-20-40(45(42,43)30-10-8-16-35-33(30)44-25)29-17-23(12-11-21(29)3)27(18-31(41)36-24-9-7-15-34-19-24)26-13-14-28-32(22(26)4)37-38-39(28)6-2/h7-17,19,25,27H,5-6,18,20H2,1-4H3,(H,36,41)/t25-,27?/m1/s1. The number of pyridine rings is 2. The number of carbonyl (C=O) groups is 1. The zero-order valence-electron chi connectivity index (χ0n) is 25.6. The van der Waals surface area contributed by atoms with Gasteiger partial charge in [-0.3, -0.25) is 14.1 Å². The van der Waals surface area contributed by atoms with Crippen LogP contribution in [-0.2, 0) is 21.4 Å². The Balaban J connectivity index is 1.47. The van der Waals surface area contributed by atoms with Crippen LogP contribution in [0.1, 0.15) is 54.9 Å². The zero-order valence-corrected chi connectivity index (χ0v) is 26.5. The first-order valence-corrected chi connectivity index (χ1v) is 16.4. The van der Waals surface area contributed by atoms with Crippen LogP contribution in [0, 0.1) is 13.8 Å². The third-order valence-electron chi connectivity index (χ3n) is 8.30. The molecule has 0 spiro atoms. The van der Waals surface area contributed by atoms with Crippen molar-refractivity contribution in [1.29, 1.82) is 0 Å². The van der Waals surface area contributed by atoms with Gasteiger partial charge in [0, 0.05) is 31.3 Å². The van der Waals surface area contributed by atoms with E-state index in [1.54, 1.807) is 30.6 Å². The second-order valence-electron chi connectivity index (χ2n) is 11.1. The molecule has 4 heterocycles. The van der Waals surface area contributed by atoms with Crippen LogP contribution in [0.25, 0.3) is 11.0 Å². The lowest BCUT2D eigenvalue weighted by Gasteiger charge is -2.28. The molecule has 0 bridgehead atoms. The highest BCUT2D eigenvalue weighted by Gasteiger charge is 2.36. The van der Waals surface area contributed by atoms with Gasteiger partial charge in [0.25, 0.3) is 10.0 Å². The number of benzene rings is 2. The van der Waals surface area contributed by atoms with E-state index >= 15 is 0 Å². The summed E-state index contributed by atoms with van der Waals surface area (Å²) in [6.45, 7) is 8.64. The number of amides is 1. The average Bonchev–Trinajstić information content (AvgIpc) is 3.43. The number of hydrogen-bond acceptors (Lipinski definition) is 8. The normalized spacial score (nSPS) is 16.4. The van der Waals surface area contributed by atoms with Crippen LogP contribution < -0.4 is 14.4 Å². The average molecular weight is 626 g/mol. The number of ether oxygens (including phenoxy) is 1. The van der Waals surface area contributed by atoms with Gasteiger partial charge in [-0.2, -0.15) is 0 Å². The maximum Gasteiger partial charge on any atom is 0.269 e. The Morgan fingerprint density at radius 3 is 2.67 bits per heavy atom. The molecule has 45 heavy (non-hydrogen) atoms. The van der Waals surface area contributed by atoms with Crippen molar-refractivity contribution in [3.8, 4) is 5.88 Å². The highest BCUT2D eigenvalue weighted by molar-refractivity contribution is 7.93.